The fraction of sp³-hybridized carbons (Fsp3) is 0.600. The molecule has 4 saturated heterocycles. The lowest BCUT2D eigenvalue weighted by molar-refractivity contribution is -0.0600. The molecule has 0 saturated carbocycles. The molecule has 0 unspecified atom stereocenters. The average Bonchev–Trinajstić information content (AvgIpc) is 3.73. The van der Waals surface area contributed by atoms with E-state index in [2.05, 4.69) is 53.8 Å². The summed E-state index contributed by atoms with van der Waals surface area (Å²) >= 11 is 0. The molecule has 50 heavy (non-hydrogen) atoms. The summed E-state index contributed by atoms with van der Waals surface area (Å²) in [6.45, 7) is 10.0. The van der Waals surface area contributed by atoms with Crippen molar-refractivity contribution < 1.29 is 18.9 Å². The van der Waals surface area contributed by atoms with Crippen molar-refractivity contribution in [1.82, 2.24) is 29.6 Å². The smallest absolute Gasteiger partial charge is 0.163 e. The molecule has 264 valence electrons. The first-order chi connectivity index (χ1) is 24.8. The number of hydrogen-bond acceptors (Lipinski definition) is 8. The molecule has 10 nitrogen and oxygen atoms in total. The van der Waals surface area contributed by atoms with Gasteiger partial charge >= 0.3 is 0 Å². The second-order valence-electron chi connectivity index (χ2n) is 15.7. The number of nitrogens with zero attached hydrogens (tertiary/aromatic N) is 4. The Balaban J connectivity index is 0.000000120. The van der Waals surface area contributed by atoms with E-state index in [0.29, 0.717) is 50.8 Å². The molecular weight excluding hydrogens is 628 g/mol. The number of ether oxygens (including phenoxy) is 4. The maximum atomic E-state index is 5.81. The summed E-state index contributed by atoms with van der Waals surface area (Å²) in [5.41, 5.74) is 8.35. The van der Waals surface area contributed by atoms with Crippen LogP contribution in [0.4, 0.5) is 0 Å². The third-order valence-corrected chi connectivity index (χ3v) is 13.2. The number of nitrogens with one attached hydrogen (secondary N) is 2. The van der Waals surface area contributed by atoms with E-state index in [4.69, 9.17) is 18.9 Å². The van der Waals surface area contributed by atoms with Crippen LogP contribution in [0.25, 0.3) is 21.8 Å². The SMILES string of the molecule is c1c2c(cc3c4c([nH]c13)[C@@H]1CCN3CCCC[C@@H]3N1CC4)OCCO2.c1c2c(cc3c4c([nH]c13)[C@H]1CCN3CCCC[C@H]3N1CC4)OCCO2. The topological polar surface area (TPSA) is 81.5 Å². The molecule has 8 aliphatic rings. The lowest BCUT2D eigenvalue weighted by Crippen LogP contribution is -2.58. The van der Waals surface area contributed by atoms with E-state index >= 15 is 0 Å². The summed E-state index contributed by atoms with van der Waals surface area (Å²) in [7, 11) is 0. The number of rotatable bonds is 0. The van der Waals surface area contributed by atoms with Gasteiger partial charge in [0.2, 0.25) is 0 Å². The van der Waals surface area contributed by atoms with Gasteiger partial charge in [0.25, 0.3) is 0 Å². The lowest BCUT2D eigenvalue weighted by atomic mass is 9.90. The van der Waals surface area contributed by atoms with E-state index in [-0.39, 0.29) is 0 Å². The van der Waals surface area contributed by atoms with Crippen molar-refractivity contribution in [3.8, 4) is 23.0 Å². The highest BCUT2D eigenvalue weighted by Gasteiger charge is 2.43. The molecule has 2 aromatic heterocycles. The second-order valence-corrected chi connectivity index (χ2v) is 15.7. The summed E-state index contributed by atoms with van der Waals surface area (Å²) in [4.78, 5) is 18.5. The number of benzene rings is 2. The van der Waals surface area contributed by atoms with Gasteiger partial charge in [-0.05, 0) is 101 Å². The van der Waals surface area contributed by atoms with Crippen molar-refractivity contribution in [3.63, 3.8) is 0 Å². The number of fused-ring (bicyclic) bond motifs is 16. The predicted molar refractivity (Wildman–Crippen MR) is 193 cm³/mol. The van der Waals surface area contributed by atoms with Crippen LogP contribution >= 0.6 is 0 Å². The van der Waals surface area contributed by atoms with Crippen LogP contribution in [0, 0.1) is 0 Å². The number of piperidine rings is 2. The van der Waals surface area contributed by atoms with E-state index < -0.39 is 0 Å². The zero-order valence-corrected chi connectivity index (χ0v) is 29.2. The van der Waals surface area contributed by atoms with E-state index in [1.165, 1.54) is 135 Å². The summed E-state index contributed by atoms with van der Waals surface area (Å²) < 4.78 is 23.2. The number of H-pyrrole nitrogens is 2. The molecule has 0 spiro atoms. The number of aromatic amines is 2. The van der Waals surface area contributed by atoms with E-state index in [0.717, 1.165) is 35.8 Å². The Morgan fingerprint density at radius 3 is 1.38 bits per heavy atom. The largest absolute Gasteiger partial charge is 0.486 e. The maximum absolute atomic E-state index is 5.81. The fourth-order valence-corrected chi connectivity index (χ4v) is 11.0. The highest BCUT2D eigenvalue weighted by Crippen LogP contribution is 2.46. The zero-order valence-electron chi connectivity index (χ0n) is 29.2. The minimum atomic E-state index is 0.550. The molecule has 4 aromatic rings. The molecule has 4 atom stereocenters. The molecule has 0 bridgehead atoms. The Bertz CT molecular complexity index is 1800. The minimum Gasteiger partial charge on any atom is -0.486 e. The summed E-state index contributed by atoms with van der Waals surface area (Å²) in [6, 6.07) is 9.78. The number of hydrogen-bond donors (Lipinski definition) is 2. The quantitative estimate of drug-likeness (QED) is 0.231. The first kappa shape index (κ1) is 30.2. The van der Waals surface area contributed by atoms with Crippen LogP contribution in [-0.4, -0.2) is 108 Å². The van der Waals surface area contributed by atoms with Crippen LogP contribution in [0.15, 0.2) is 24.3 Å². The zero-order chi connectivity index (χ0) is 32.8. The van der Waals surface area contributed by atoms with Gasteiger partial charge in [-0.25, -0.2) is 0 Å². The molecule has 0 amide bonds. The van der Waals surface area contributed by atoms with Gasteiger partial charge < -0.3 is 28.9 Å². The van der Waals surface area contributed by atoms with Crippen LogP contribution in [-0.2, 0) is 12.8 Å². The Morgan fingerprint density at radius 1 is 0.480 bits per heavy atom. The van der Waals surface area contributed by atoms with E-state index in [1.807, 2.05) is 0 Å². The van der Waals surface area contributed by atoms with Crippen molar-refractivity contribution in [2.24, 2.45) is 0 Å². The standard InChI is InChI=1S/2C20H25N3O2/c2*1-2-6-22-7-5-16-20-13(4-8-23(16)19(22)3-1)14-11-17-18(12-15(14)21-20)25-10-9-24-17/h2*11-12,16,19,21H,1-10H2/t2*16-,19-/m10/s1. The second kappa shape index (κ2) is 12.1. The summed E-state index contributed by atoms with van der Waals surface area (Å²) in [6.07, 6.45) is 14.2. The van der Waals surface area contributed by atoms with Gasteiger partial charge in [-0.2, -0.15) is 0 Å². The Kier molecular flexibility index (Phi) is 7.30. The van der Waals surface area contributed by atoms with Gasteiger partial charge in [0.1, 0.15) is 26.4 Å². The van der Waals surface area contributed by atoms with Crippen molar-refractivity contribution in [3.05, 3.63) is 46.8 Å². The van der Waals surface area contributed by atoms with Crippen molar-refractivity contribution in [2.45, 2.75) is 88.6 Å². The Morgan fingerprint density at radius 2 is 0.920 bits per heavy atom. The summed E-state index contributed by atoms with van der Waals surface area (Å²) in [5.74, 6) is 3.59. The van der Waals surface area contributed by atoms with Gasteiger partial charge in [-0.15, -0.1) is 0 Å². The maximum Gasteiger partial charge on any atom is 0.163 e. The highest BCUT2D eigenvalue weighted by molar-refractivity contribution is 5.89. The molecule has 0 radical (unpaired) electrons. The molecule has 4 fully saturated rings. The monoisotopic (exact) mass is 678 g/mol. The molecular formula is C40H50N6O4. The lowest BCUT2D eigenvalue weighted by Gasteiger charge is -2.52. The van der Waals surface area contributed by atoms with Crippen LogP contribution in [0.2, 0.25) is 0 Å². The first-order valence-corrected chi connectivity index (χ1v) is 19.6. The molecule has 12 rings (SSSR count). The van der Waals surface area contributed by atoms with Gasteiger partial charge in [0, 0.05) is 71.5 Å². The van der Waals surface area contributed by atoms with E-state index in [1.54, 1.807) is 0 Å². The highest BCUT2D eigenvalue weighted by atomic mass is 16.6. The van der Waals surface area contributed by atoms with Gasteiger partial charge in [0.15, 0.2) is 23.0 Å². The minimum absolute atomic E-state index is 0.550. The summed E-state index contributed by atoms with van der Waals surface area (Å²) in [5, 5.41) is 2.68. The Hall–Kier alpha value is -3.44. The third-order valence-electron chi connectivity index (χ3n) is 13.2. The molecule has 2 N–H and O–H groups in total. The molecule has 10 heteroatoms. The van der Waals surface area contributed by atoms with Crippen molar-refractivity contribution in [2.75, 3.05) is 65.7 Å². The molecule has 2 aromatic carbocycles. The normalized spacial score (nSPS) is 29.1. The van der Waals surface area contributed by atoms with Gasteiger partial charge in [0.05, 0.1) is 24.4 Å². The van der Waals surface area contributed by atoms with Crippen molar-refractivity contribution in [1.29, 1.82) is 0 Å². The van der Waals surface area contributed by atoms with Gasteiger partial charge in [-0.3, -0.25) is 19.6 Å². The van der Waals surface area contributed by atoms with Crippen LogP contribution in [0.1, 0.15) is 86.0 Å². The van der Waals surface area contributed by atoms with Crippen LogP contribution in [0.5, 0.6) is 23.0 Å². The number of aromatic nitrogens is 2. The molecule has 8 aliphatic heterocycles. The average molecular weight is 679 g/mol. The van der Waals surface area contributed by atoms with Crippen LogP contribution in [0.3, 0.4) is 0 Å². The van der Waals surface area contributed by atoms with Crippen molar-refractivity contribution >= 4 is 21.8 Å². The molecule has 10 heterocycles. The van der Waals surface area contributed by atoms with E-state index in [9.17, 15) is 0 Å². The fourth-order valence-electron chi connectivity index (χ4n) is 11.0. The predicted octanol–water partition coefficient (Wildman–Crippen LogP) is 6.11. The van der Waals surface area contributed by atoms with Crippen LogP contribution < -0.4 is 18.9 Å². The van der Waals surface area contributed by atoms with Gasteiger partial charge in [-0.1, -0.05) is 0 Å². The molecule has 0 aliphatic carbocycles. The first-order valence-electron chi connectivity index (χ1n) is 19.6. The Labute approximate surface area is 293 Å². The third kappa shape index (κ3) is 4.81.